The molecule has 4 N–H and O–H groups in total. The Kier molecular flexibility index (Phi) is 4.66. The first-order chi connectivity index (χ1) is 8.77. The van der Waals surface area contributed by atoms with E-state index < -0.39 is 11.5 Å². The maximum absolute atomic E-state index is 11.9. The van der Waals surface area contributed by atoms with Gasteiger partial charge < -0.3 is 16.4 Å². The number of hydrogen-bond donors (Lipinski definition) is 3. The fraction of sp³-hybridized carbons (Fsp3) is 0.583. The van der Waals surface area contributed by atoms with Crippen molar-refractivity contribution < 1.29 is 9.59 Å². The maximum Gasteiger partial charge on any atom is 0.241 e. The molecule has 1 unspecified atom stereocenters. The van der Waals surface area contributed by atoms with Gasteiger partial charge in [0, 0.05) is 32.4 Å². The standard InChI is InChI=1S/C12H21N5O2/c1-12(2,11(19)14-3)7-15-10(18)9(13)8-5-16-17(4)6-8/h5-6,9H,7,13H2,1-4H3,(H,14,19)(H,15,18). The summed E-state index contributed by atoms with van der Waals surface area (Å²) < 4.78 is 1.58. The molecule has 7 heteroatoms. The lowest BCUT2D eigenvalue weighted by molar-refractivity contribution is -0.129. The molecular formula is C12H21N5O2. The minimum atomic E-state index is -0.783. The molecule has 0 aliphatic heterocycles. The molecule has 0 aromatic carbocycles. The van der Waals surface area contributed by atoms with Gasteiger partial charge in [-0.2, -0.15) is 5.10 Å². The van der Waals surface area contributed by atoms with Crippen LogP contribution in [0.15, 0.2) is 12.4 Å². The van der Waals surface area contributed by atoms with Crippen LogP contribution < -0.4 is 16.4 Å². The summed E-state index contributed by atoms with van der Waals surface area (Å²) in [5.74, 6) is -0.465. The third kappa shape index (κ3) is 3.78. The minimum Gasteiger partial charge on any atom is -0.359 e. The number of nitrogens with one attached hydrogen (secondary N) is 2. The number of carbonyl (C=O) groups excluding carboxylic acids is 2. The second-order valence-electron chi connectivity index (χ2n) is 5.11. The number of aryl methyl sites for hydroxylation is 1. The topological polar surface area (TPSA) is 102 Å². The zero-order valence-electron chi connectivity index (χ0n) is 11.7. The monoisotopic (exact) mass is 267 g/mol. The van der Waals surface area contributed by atoms with Crippen LogP contribution in [-0.4, -0.2) is 35.2 Å². The van der Waals surface area contributed by atoms with Crippen molar-refractivity contribution in [3.05, 3.63) is 18.0 Å². The Morgan fingerprint density at radius 2 is 2.16 bits per heavy atom. The van der Waals surface area contributed by atoms with E-state index in [1.54, 1.807) is 45.0 Å². The van der Waals surface area contributed by atoms with Crippen LogP contribution in [0.4, 0.5) is 0 Å². The minimum absolute atomic E-state index is 0.136. The number of nitrogens with zero attached hydrogens (tertiary/aromatic N) is 2. The molecular weight excluding hydrogens is 246 g/mol. The number of rotatable bonds is 5. The predicted octanol–water partition coefficient (Wildman–Crippen LogP) is -0.692. The van der Waals surface area contributed by atoms with E-state index in [1.165, 1.54) is 0 Å². The molecule has 7 nitrogen and oxygen atoms in total. The number of nitrogens with two attached hydrogens (primary N) is 1. The SMILES string of the molecule is CNC(=O)C(C)(C)CNC(=O)C(N)c1cnn(C)c1. The highest BCUT2D eigenvalue weighted by atomic mass is 16.2. The molecule has 0 saturated heterocycles. The molecule has 1 rings (SSSR count). The van der Waals surface area contributed by atoms with E-state index in [0.717, 1.165) is 0 Å². The van der Waals surface area contributed by atoms with Crippen LogP contribution in [0.5, 0.6) is 0 Å². The molecule has 0 saturated carbocycles. The second-order valence-corrected chi connectivity index (χ2v) is 5.11. The molecule has 0 aliphatic rings. The van der Waals surface area contributed by atoms with Gasteiger partial charge in [-0.1, -0.05) is 0 Å². The quantitative estimate of drug-likeness (QED) is 0.657. The molecule has 0 bridgehead atoms. The fourth-order valence-corrected chi connectivity index (χ4v) is 1.59. The Hall–Kier alpha value is -1.89. The summed E-state index contributed by atoms with van der Waals surface area (Å²) >= 11 is 0. The fourth-order valence-electron chi connectivity index (χ4n) is 1.59. The van der Waals surface area contributed by atoms with Gasteiger partial charge in [0.1, 0.15) is 6.04 Å². The first-order valence-corrected chi connectivity index (χ1v) is 6.02. The number of amides is 2. The highest BCUT2D eigenvalue weighted by Gasteiger charge is 2.28. The van der Waals surface area contributed by atoms with E-state index in [0.29, 0.717) is 5.56 Å². The summed E-state index contributed by atoms with van der Waals surface area (Å²) in [6.45, 7) is 3.73. The second kappa shape index (κ2) is 5.83. The van der Waals surface area contributed by atoms with Crippen LogP contribution in [0.1, 0.15) is 25.5 Å². The van der Waals surface area contributed by atoms with Crippen LogP contribution in [0.2, 0.25) is 0 Å². The van der Waals surface area contributed by atoms with Crippen LogP contribution in [0, 0.1) is 5.41 Å². The van der Waals surface area contributed by atoms with Crippen molar-refractivity contribution in [3.63, 3.8) is 0 Å². The van der Waals surface area contributed by atoms with Crippen molar-refractivity contribution in [3.8, 4) is 0 Å². The van der Waals surface area contributed by atoms with Gasteiger partial charge in [-0.3, -0.25) is 14.3 Å². The lowest BCUT2D eigenvalue weighted by Crippen LogP contribution is -2.45. The zero-order valence-corrected chi connectivity index (χ0v) is 11.7. The van der Waals surface area contributed by atoms with E-state index in [1.807, 2.05) is 0 Å². The van der Waals surface area contributed by atoms with Gasteiger partial charge in [-0.15, -0.1) is 0 Å². The number of carbonyl (C=O) groups is 2. The Labute approximate surface area is 112 Å². The molecule has 1 aromatic heterocycles. The van der Waals surface area contributed by atoms with Gasteiger partial charge in [-0.05, 0) is 13.8 Å². The summed E-state index contributed by atoms with van der Waals surface area (Å²) in [5, 5.41) is 9.21. The molecule has 0 fully saturated rings. The number of hydrogen-bond acceptors (Lipinski definition) is 4. The van der Waals surface area contributed by atoms with E-state index in [9.17, 15) is 9.59 Å². The Morgan fingerprint density at radius 3 is 2.63 bits per heavy atom. The van der Waals surface area contributed by atoms with Crippen molar-refractivity contribution in [1.82, 2.24) is 20.4 Å². The van der Waals surface area contributed by atoms with Crippen molar-refractivity contribution >= 4 is 11.8 Å². The van der Waals surface area contributed by atoms with Crippen molar-refractivity contribution in [2.24, 2.45) is 18.2 Å². The van der Waals surface area contributed by atoms with Crippen LogP contribution in [0.25, 0.3) is 0 Å². The molecule has 0 radical (unpaired) electrons. The molecule has 1 heterocycles. The molecule has 2 amide bonds. The molecule has 106 valence electrons. The number of aromatic nitrogens is 2. The largest absolute Gasteiger partial charge is 0.359 e. The van der Waals surface area contributed by atoms with Gasteiger partial charge in [0.2, 0.25) is 11.8 Å². The third-order valence-corrected chi connectivity index (χ3v) is 2.91. The maximum atomic E-state index is 11.9. The van der Waals surface area contributed by atoms with Crippen LogP contribution in [0.3, 0.4) is 0 Å². The lowest BCUT2D eigenvalue weighted by atomic mass is 9.92. The highest BCUT2D eigenvalue weighted by Crippen LogP contribution is 2.14. The normalized spacial score (nSPS) is 12.9. The van der Waals surface area contributed by atoms with Gasteiger partial charge in [0.25, 0.3) is 0 Å². The average Bonchev–Trinajstić information content (AvgIpc) is 2.80. The summed E-state index contributed by atoms with van der Waals surface area (Å²) in [4.78, 5) is 23.5. The summed E-state index contributed by atoms with van der Waals surface area (Å²) in [6, 6.07) is -0.783. The Balaban J connectivity index is 2.58. The average molecular weight is 267 g/mol. The highest BCUT2D eigenvalue weighted by molar-refractivity contribution is 5.85. The van der Waals surface area contributed by atoms with Gasteiger partial charge in [0.15, 0.2) is 0 Å². The van der Waals surface area contributed by atoms with E-state index in [-0.39, 0.29) is 18.4 Å². The zero-order chi connectivity index (χ0) is 14.6. The third-order valence-electron chi connectivity index (χ3n) is 2.91. The molecule has 19 heavy (non-hydrogen) atoms. The summed E-state index contributed by atoms with van der Waals surface area (Å²) in [6.07, 6.45) is 3.24. The smallest absolute Gasteiger partial charge is 0.241 e. The lowest BCUT2D eigenvalue weighted by Gasteiger charge is -2.23. The van der Waals surface area contributed by atoms with Crippen molar-refractivity contribution in [1.29, 1.82) is 0 Å². The van der Waals surface area contributed by atoms with Crippen molar-refractivity contribution in [2.75, 3.05) is 13.6 Å². The first kappa shape index (κ1) is 15.2. The van der Waals surface area contributed by atoms with E-state index in [2.05, 4.69) is 15.7 Å². The van der Waals surface area contributed by atoms with Gasteiger partial charge in [0.05, 0.1) is 11.6 Å². The molecule has 1 aromatic rings. The Bertz CT molecular complexity index is 466. The van der Waals surface area contributed by atoms with Gasteiger partial charge in [-0.25, -0.2) is 0 Å². The van der Waals surface area contributed by atoms with E-state index >= 15 is 0 Å². The molecule has 0 spiro atoms. The molecule has 0 aliphatic carbocycles. The molecule has 1 atom stereocenters. The van der Waals surface area contributed by atoms with Crippen LogP contribution in [-0.2, 0) is 16.6 Å². The Morgan fingerprint density at radius 1 is 1.53 bits per heavy atom. The summed E-state index contributed by atoms with van der Waals surface area (Å²) in [7, 11) is 3.32. The summed E-state index contributed by atoms with van der Waals surface area (Å²) in [5.41, 5.74) is 5.78. The first-order valence-electron chi connectivity index (χ1n) is 6.02. The van der Waals surface area contributed by atoms with Crippen molar-refractivity contribution in [2.45, 2.75) is 19.9 Å². The van der Waals surface area contributed by atoms with E-state index in [4.69, 9.17) is 5.73 Å². The van der Waals surface area contributed by atoms with Gasteiger partial charge >= 0.3 is 0 Å². The predicted molar refractivity (Wildman–Crippen MR) is 71.0 cm³/mol. The van der Waals surface area contributed by atoms with Crippen LogP contribution >= 0.6 is 0 Å².